The maximum atomic E-state index is 5.61. The molecule has 0 fully saturated rings. The molecule has 0 saturated carbocycles. The van der Waals surface area contributed by atoms with Gasteiger partial charge in [-0.25, -0.2) is 0 Å². The van der Waals surface area contributed by atoms with Crippen molar-refractivity contribution in [2.24, 2.45) is 0 Å². The number of benzene rings is 1. The molecule has 1 heterocycles. The highest BCUT2D eigenvalue weighted by Gasteiger charge is 2.20. The van der Waals surface area contributed by atoms with Gasteiger partial charge in [-0.2, -0.15) is 0 Å². The molecule has 0 saturated heterocycles. The minimum atomic E-state index is -0.0521. The molecule has 1 unspecified atom stereocenters. The number of furan rings is 1. The van der Waals surface area contributed by atoms with Gasteiger partial charge < -0.3 is 14.5 Å². The molecule has 0 radical (unpaired) electrons. The lowest BCUT2D eigenvalue weighted by Gasteiger charge is -2.17. The zero-order valence-corrected chi connectivity index (χ0v) is 13.2. The van der Waals surface area contributed by atoms with E-state index in [0.29, 0.717) is 4.67 Å². The SMILES string of the molecule is CNC(c1ccc(Br)o1)c1cc(Br)ccc1OC. The maximum Gasteiger partial charge on any atom is 0.169 e. The Bertz CT molecular complexity index is 540. The smallest absolute Gasteiger partial charge is 0.169 e. The lowest BCUT2D eigenvalue weighted by molar-refractivity contribution is 0.394. The molecule has 0 amide bonds. The second kappa shape index (κ2) is 5.91. The number of methoxy groups -OCH3 is 1. The molecule has 0 spiro atoms. The normalized spacial score (nSPS) is 12.4. The Morgan fingerprint density at radius 3 is 2.56 bits per heavy atom. The van der Waals surface area contributed by atoms with Gasteiger partial charge in [-0.1, -0.05) is 15.9 Å². The van der Waals surface area contributed by atoms with Gasteiger partial charge in [0.05, 0.1) is 13.2 Å². The first-order valence-corrected chi connectivity index (χ1v) is 7.00. The third kappa shape index (κ3) is 2.79. The van der Waals surface area contributed by atoms with Crippen molar-refractivity contribution in [1.29, 1.82) is 0 Å². The summed E-state index contributed by atoms with van der Waals surface area (Å²) >= 11 is 6.79. The predicted octanol–water partition coefficient (Wildman–Crippen LogP) is 4.12. The fourth-order valence-corrected chi connectivity index (χ4v) is 2.56. The summed E-state index contributed by atoms with van der Waals surface area (Å²) in [7, 11) is 3.55. The number of hydrogen-bond acceptors (Lipinski definition) is 3. The van der Waals surface area contributed by atoms with Crippen molar-refractivity contribution in [3.8, 4) is 5.75 Å². The van der Waals surface area contributed by atoms with E-state index in [1.165, 1.54) is 0 Å². The van der Waals surface area contributed by atoms with Crippen molar-refractivity contribution < 1.29 is 9.15 Å². The number of halogens is 2. The summed E-state index contributed by atoms with van der Waals surface area (Å²) < 4.78 is 12.7. The molecule has 18 heavy (non-hydrogen) atoms. The second-order valence-electron chi connectivity index (χ2n) is 3.75. The van der Waals surface area contributed by atoms with Crippen LogP contribution in [0, 0.1) is 0 Å². The minimum absolute atomic E-state index is 0.0521. The highest BCUT2D eigenvalue weighted by Crippen LogP contribution is 2.33. The van der Waals surface area contributed by atoms with E-state index >= 15 is 0 Å². The highest BCUT2D eigenvalue weighted by atomic mass is 79.9. The number of nitrogens with one attached hydrogen (secondary N) is 1. The summed E-state index contributed by atoms with van der Waals surface area (Å²) in [6.07, 6.45) is 0. The van der Waals surface area contributed by atoms with Gasteiger partial charge in [-0.3, -0.25) is 0 Å². The molecular weight excluding hydrogens is 362 g/mol. The quantitative estimate of drug-likeness (QED) is 0.873. The van der Waals surface area contributed by atoms with Gasteiger partial charge in [0, 0.05) is 10.0 Å². The van der Waals surface area contributed by atoms with E-state index in [1.54, 1.807) is 7.11 Å². The van der Waals surface area contributed by atoms with Crippen LogP contribution < -0.4 is 10.1 Å². The Kier molecular flexibility index (Phi) is 4.48. The van der Waals surface area contributed by atoms with Crippen LogP contribution in [-0.4, -0.2) is 14.2 Å². The minimum Gasteiger partial charge on any atom is -0.496 e. The zero-order valence-electron chi connectivity index (χ0n) is 10.0. The Morgan fingerprint density at radius 2 is 2.00 bits per heavy atom. The highest BCUT2D eigenvalue weighted by molar-refractivity contribution is 9.10. The molecule has 3 nitrogen and oxygen atoms in total. The van der Waals surface area contributed by atoms with Crippen LogP contribution in [0.4, 0.5) is 0 Å². The molecular formula is C13H13Br2NO2. The van der Waals surface area contributed by atoms with Gasteiger partial charge in [0.2, 0.25) is 0 Å². The number of hydrogen-bond donors (Lipinski definition) is 1. The van der Waals surface area contributed by atoms with Crippen LogP contribution in [0.15, 0.2) is 43.9 Å². The number of rotatable bonds is 4. The summed E-state index contributed by atoms with van der Waals surface area (Å²) in [6.45, 7) is 0. The van der Waals surface area contributed by atoms with Crippen LogP contribution in [-0.2, 0) is 0 Å². The van der Waals surface area contributed by atoms with Crippen molar-refractivity contribution in [2.45, 2.75) is 6.04 Å². The second-order valence-corrected chi connectivity index (χ2v) is 5.45. The molecule has 0 bridgehead atoms. The fraction of sp³-hybridized carbons (Fsp3) is 0.231. The van der Waals surface area contributed by atoms with Crippen LogP contribution in [0.2, 0.25) is 0 Å². The van der Waals surface area contributed by atoms with Gasteiger partial charge in [0.15, 0.2) is 4.67 Å². The van der Waals surface area contributed by atoms with Crippen molar-refractivity contribution in [2.75, 3.05) is 14.2 Å². The van der Waals surface area contributed by atoms with Crippen LogP contribution >= 0.6 is 31.9 Å². The van der Waals surface area contributed by atoms with Gasteiger partial charge in [-0.05, 0) is 53.3 Å². The van der Waals surface area contributed by atoms with Crippen LogP contribution in [0.3, 0.4) is 0 Å². The Hall–Kier alpha value is -0.780. The zero-order chi connectivity index (χ0) is 13.1. The van der Waals surface area contributed by atoms with Crippen molar-refractivity contribution >= 4 is 31.9 Å². The van der Waals surface area contributed by atoms with E-state index in [9.17, 15) is 0 Å². The van der Waals surface area contributed by atoms with Gasteiger partial charge in [-0.15, -0.1) is 0 Å². The predicted molar refractivity (Wildman–Crippen MR) is 78.0 cm³/mol. The summed E-state index contributed by atoms with van der Waals surface area (Å²) in [5.41, 5.74) is 1.02. The Balaban J connectivity index is 2.47. The van der Waals surface area contributed by atoms with E-state index in [4.69, 9.17) is 9.15 Å². The molecule has 2 aromatic rings. The first kappa shape index (κ1) is 13.6. The van der Waals surface area contributed by atoms with Gasteiger partial charge >= 0.3 is 0 Å². The van der Waals surface area contributed by atoms with E-state index < -0.39 is 0 Å². The molecule has 0 aliphatic rings. The average molecular weight is 375 g/mol. The van der Waals surface area contributed by atoms with Gasteiger partial charge in [0.1, 0.15) is 11.5 Å². The summed E-state index contributed by atoms with van der Waals surface area (Å²) in [4.78, 5) is 0. The summed E-state index contributed by atoms with van der Waals surface area (Å²) in [5, 5.41) is 3.23. The third-order valence-electron chi connectivity index (χ3n) is 2.67. The topological polar surface area (TPSA) is 34.4 Å². The molecule has 1 aromatic heterocycles. The summed E-state index contributed by atoms with van der Waals surface area (Å²) in [5.74, 6) is 1.66. The maximum absolute atomic E-state index is 5.61. The molecule has 1 N–H and O–H groups in total. The monoisotopic (exact) mass is 373 g/mol. The van der Waals surface area contributed by atoms with E-state index in [2.05, 4.69) is 37.2 Å². The number of ether oxygens (including phenoxy) is 1. The van der Waals surface area contributed by atoms with Crippen molar-refractivity contribution in [3.05, 3.63) is 50.8 Å². The van der Waals surface area contributed by atoms with Gasteiger partial charge in [0.25, 0.3) is 0 Å². The lowest BCUT2D eigenvalue weighted by atomic mass is 10.0. The first-order valence-electron chi connectivity index (χ1n) is 5.41. The largest absolute Gasteiger partial charge is 0.496 e. The van der Waals surface area contributed by atoms with Crippen LogP contribution in [0.1, 0.15) is 17.4 Å². The molecule has 0 aliphatic heterocycles. The van der Waals surface area contributed by atoms with E-state index in [-0.39, 0.29) is 6.04 Å². The van der Waals surface area contributed by atoms with Crippen molar-refractivity contribution in [1.82, 2.24) is 5.32 Å². The Labute approximate surface area is 123 Å². The molecule has 1 atom stereocenters. The van der Waals surface area contributed by atoms with Crippen LogP contribution in [0.25, 0.3) is 0 Å². The van der Waals surface area contributed by atoms with E-state index in [1.807, 2.05) is 37.4 Å². The average Bonchev–Trinajstić information content (AvgIpc) is 2.77. The molecule has 2 rings (SSSR count). The molecule has 1 aromatic carbocycles. The standard InChI is InChI=1S/C13H13Br2NO2/c1-16-13(11-5-6-12(15)18-11)9-7-8(14)3-4-10(9)17-2/h3-7,13,16H,1-2H3. The third-order valence-corrected chi connectivity index (χ3v) is 3.59. The lowest BCUT2D eigenvalue weighted by Crippen LogP contribution is -2.17. The van der Waals surface area contributed by atoms with Crippen molar-refractivity contribution in [3.63, 3.8) is 0 Å². The summed E-state index contributed by atoms with van der Waals surface area (Å²) in [6, 6.07) is 9.67. The van der Waals surface area contributed by atoms with Crippen LogP contribution in [0.5, 0.6) is 5.75 Å². The fourth-order valence-electron chi connectivity index (χ4n) is 1.87. The molecule has 5 heteroatoms. The Morgan fingerprint density at radius 1 is 1.22 bits per heavy atom. The molecule has 0 aliphatic carbocycles. The van der Waals surface area contributed by atoms with E-state index in [0.717, 1.165) is 21.5 Å². The molecule has 96 valence electrons. The first-order chi connectivity index (χ1) is 8.65.